The second-order valence-electron chi connectivity index (χ2n) is 7.09. The third-order valence-corrected chi connectivity index (χ3v) is 4.63. The highest BCUT2D eigenvalue weighted by atomic mass is 16.5. The molecule has 0 saturated heterocycles. The lowest BCUT2D eigenvalue weighted by Gasteiger charge is -2.15. The standard InChI is InChI=1S/C23H32N4O5/c1-28-13-14-30-10-3-8-25-23(26-17-18-7-9-24-22(15-18)29-2)27-19-5-6-20-21(16-19)32-12-4-11-31-20/h5-7,9,15-16H,3-4,8,10-14,17H2,1-2H3,(H2,25,26,27). The van der Waals surface area contributed by atoms with E-state index in [0.29, 0.717) is 58.0 Å². The largest absolute Gasteiger partial charge is 0.490 e. The Bertz CT molecular complexity index is 862. The summed E-state index contributed by atoms with van der Waals surface area (Å²) < 4.78 is 27.2. The first-order valence-electron chi connectivity index (χ1n) is 10.8. The second-order valence-corrected chi connectivity index (χ2v) is 7.09. The van der Waals surface area contributed by atoms with Crippen LogP contribution in [0.5, 0.6) is 17.4 Å². The highest BCUT2D eigenvalue weighted by molar-refractivity contribution is 5.93. The van der Waals surface area contributed by atoms with Crippen LogP contribution >= 0.6 is 0 Å². The molecule has 0 aliphatic carbocycles. The maximum absolute atomic E-state index is 5.80. The first-order valence-corrected chi connectivity index (χ1v) is 10.8. The SMILES string of the molecule is COCCOCCCNC(=NCc1ccnc(OC)c1)Nc1ccc2c(c1)OCCCO2. The summed E-state index contributed by atoms with van der Waals surface area (Å²) in [5.41, 5.74) is 1.86. The Balaban J connectivity index is 1.63. The zero-order valence-electron chi connectivity index (χ0n) is 18.8. The van der Waals surface area contributed by atoms with Crippen LogP contribution in [0.2, 0.25) is 0 Å². The van der Waals surface area contributed by atoms with Gasteiger partial charge in [-0.05, 0) is 30.2 Å². The number of methoxy groups -OCH3 is 2. The Labute approximate surface area is 189 Å². The molecule has 0 unspecified atom stereocenters. The van der Waals surface area contributed by atoms with Crippen molar-refractivity contribution in [3.63, 3.8) is 0 Å². The molecular formula is C23H32N4O5. The molecule has 0 radical (unpaired) electrons. The molecule has 3 rings (SSSR count). The molecule has 2 heterocycles. The summed E-state index contributed by atoms with van der Waals surface area (Å²) in [5.74, 6) is 2.72. The number of hydrogen-bond acceptors (Lipinski definition) is 7. The van der Waals surface area contributed by atoms with E-state index in [1.165, 1.54) is 0 Å². The molecule has 0 saturated carbocycles. The maximum atomic E-state index is 5.80. The van der Waals surface area contributed by atoms with Gasteiger partial charge in [0.2, 0.25) is 5.88 Å². The number of guanidine groups is 1. The van der Waals surface area contributed by atoms with Gasteiger partial charge in [0.15, 0.2) is 17.5 Å². The fraction of sp³-hybridized carbons (Fsp3) is 0.478. The van der Waals surface area contributed by atoms with Crippen LogP contribution in [0.1, 0.15) is 18.4 Å². The lowest BCUT2D eigenvalue weighted by Crippen LogP contribution is -2.32. The Morgan fingerprint density at radius 3 is 2.78 bits per heavy atom. The van der Waals surface area contributed by atoms with Gasteiger partial charge in [0, 0.05) is 50.7 Å². The van der Waals surface area contributed by atoms with Crippen molar-refractivity contribution in [1.82, 2.24) is 10.3 Å². The van der Waals surface area contributed by atoms with Gasteiger partial charge < -0.3 is 34.3 Å². The fourth-order valence-electron chi connectivity index (χ4n) is 2.97. The molecule has 1 aliphatic rings. The minimum absolute atomic E-state index is 0.475. The molecule has 174 valence electrons. The summed E-state index contributed by atoms with van der Waals surface area (Å²) in [6.45, 7) is 4.33. The zero-order valence-corrected chi connectivity index (χ0v) is 18.8. The van der Waals surface area contributed by atoms with Gasteiger partial charge in [-0.3, -0.25) is 0 Å². The summed E-state index contributed by atoms with van der Waals surface area (Å²) in [5, 5.41) is 6.71. The van der Waals surface area contributed by atoms with Crippen LogP contribution in [-0.2, 0) is 16.0 Å². The molecule has 9 heteroatoms. The predicted octanol–water partition coefficient (Wildman–Crippen LogP) is 2.86. The zero-order chi connectivity index (χ0) is 22.4. The van der Waals surface area contributed by atoms with E-state index in [4.69, 9.17) is 28.7 Å². The third kappa shape index (κ3) is 7.90. The molecule has 2 aromatic rings. The molecule has 0 bridgehead atoms. The number of nitrogens with one attached hydrogen (secondary N) is 2. The average molecular weight is 445 g/mol. The Morgan fingerprint density at radius 1 is 1.06 bits per heavy atom. The smallest absolute Gasteiger partial charge is 0.213 e. The van der Waals surface area contributed by atoms with E-state index in [9.17, 15) is 0 Å². The predicted molar refractivity (Wildman–Crippen MR) is 123 cm³/mol. The van der Waals surface area contributed by atoms with Crippen LogP contribution < -0.4 is 24.8 Å². The number of fused-ring (bicyclic) bond motifs is 1. The molecule has 0 spiro atoms. The fourth-order valence-corrected chi connectivity index (χ4v) is 2.97. The van der Waals surface area contributed by atoms with E-state index in [0.717, 1.165) is 35.6 Å². The Hall–Kier alpha value is -3.04. The number of rotatable bonds is 11. The number of pyridine rings is 1. The normalized spacial score (nSPS) is 13.4. The first-order chi connectivity index (χ1) is 15.8. The van der Waals surface area contributed by atoms with E-state index in [1.54, 1.807) is 20.4 Å². The lowest BCUT2D eigenvalue weighted by molar-refractivity contribution is 0.0699. The van der Waals surface area contributed by atoms with Gasteiger partial charge in [0.1, 0.15) is 0 Å². The third-order valence-electron chi connectivity index (χ3n) is 4.63. The molecule has 1 aliphatic heterocycles. The highest BCUT2D eigenvalue weighted by Gasteiger charge is 2.11. The topological polar surface area (TPSA) is 95.5 Å². The van der Waals surface area contributed by atoms with Crippen molar-refractivity contribution in [1.29, 1.82) is 0 Å². The van der Waals surface area contributed by atoms with Crippen molar-refractivity contribution in [3.05, 3.63) is 42.1 Å². The summed E-state index contributed by atoms with van der Waals surface area (Å²) in [4.78, 5) is 8.86. The minimum atomic E-state index is 0.475. The quantitative estimate of drug-likeness (QED) is 0.310. The van der Waals surface area contributed by atoms with Crippen LogP contribution in [0.4, 0.5) is 5.69 Å². The summed E-state index contributed by atoms with van der Waals surface area (Å²) in [7, 11) is 3.26. The Morgan fingerprint density at radius 2 is 1.94 bits per heavy atom. The van der Waals surface area contributed by atoms with Crippen molar-refractivity contribution in [3.8, 4) is 17.4 Å². The van der Waals surface area contributed by atoms with Gasteiger partial charge in [-0.15, -0.1) is 0 Å². The Kier molecular flexibility index (Phi) is 9.88. The summed E-state index contributed by atoms with van der Waals surface area (Å²) in [6, 6.07) is 9.59. The van der Waals surface area contributed by atoms with Gasteiger partial charge >= 0.3 is 0 Å². The van der Waals surface area contributed by atoms with Crippen molar-refractivity contribution in [2.75, 3.05) is 59.1 Å². The number of aromatic nitrogens is 1. The average Bonchev–Trinajstić information content (AvgIpc) is 3.07. The number of aliphatic imine (C=N–C) groups is 1. The van der Waals surface area contributed by atoms with Crippen molar-refractivity contribution in [2.24, 2.45) is 4.99 Å². The van der Waals surface area contributed by atoms with E-state index in [2.05, 4.69) is 15.6 Å². The van der Waals surface area contributed by atoms with E-state index in [1.807, 2.05) is 30.3 Å². The molecule has 32 heavy (non-hydrogen) atoms. The molecule has 9 nitrogen and oxygen atoms in total. The molecule has 1 aromatic carbocycles. The van der Waals surface area contributed by atoms with E-state index < -0.39 is 0 Å². The van der Waals surface area contributed by atoms with Gasteiger partial charge in [-0.25, -0.2) is 9.98 Å². The molecule has 0 fully saturated rings. The van der Waals surface area contributed by atoms with E-state index in [-0.39, 0.29) is 0 Å². The van der Waals surface area contributed by atoms with Gasteiger partial charge in [-0.2, -0.15) is 0 Å². The van der Waals surface area contributed by atoms with Gasteiger partial charge in [-0.1, -0.05) is 0 Å². The summed E-state index contributed by atoms with van der Waals surface area (Å²) >= 11 is 0. The highest BCUT2D eigenvalue weighted by Crippen LogP contribution is 2.32. The van der Waals surface area contributed by atoms with Crippen LogP contribution in [0, 0.1) is 0 Å². The molecule has 0 amide bonds. The second kappa shape index (κ2) is 13.4. The molecular weight excluding hydrogens is 412 g/mol. The van der Waals surface area contributed by atoms with Crippen molar-refractivity contribution < 1.29 is 23.7 Å². The molecule has 2 N–H and O–H groups in total. The first kappa shape index (κ1) is 23.6. The number of anilines is 1. The lowest BCUT2D eigenvalue weighted by atomic mass is 10.2. The van der Waals surface area contributed by atoms with Crippen molar-refractivity contribution >= 4 is 11.6 Å². The van der Waals surface area contributed by atoms with Gasteiger partial charge in [0.05, 0.1) is 40.1 Å². The number of hydrogen-bond donors (Lipinski definition) is 2. The van der Waals surface area contributed by atoms with Crippen LogP contribution in [0.25, 0.3) is 0 Å². The number of ether oxygens (including phenoxy) is 5. The number of nitrogens with zero attached hydrogens (tertiary/aromatic N) is 2. The summed E-state index contributed by atoms with van der Waals surface area (Å²) in [6.07, 6.45) is 3.42. The van der Waals surface area contributed by atoms with Crippen LogP contribution in [0.15, 0.2) is 41.5 Å². The van der Waals surface area contributed by atoms with Gasteiger partial charge in [0.25, 0.3) is 0 Å². The monoisotopic (exact) mass is 444 g/mol. The van der Waals surface area contributed by atoms with Crippen LogP contribution in [-0.4, -0.2) is 64.7 Å². The van der Waals surface area contributed by atoms with Crippen molar-refractivity contribution in [2.45, 2.75) is 19.4 Å². The van der Waals surface area contributed by atoms with Crippen LogP contribution in [0.3, 0.4) is 0 Å². The maximum Gasteiger partial charge on any atom is 0.213 e. The molecule has 0 atom stereocenters. The molecule has 1 aromatic heterocycles. The number of benzene rings is 1. The minimum Gasteiger partial charge on any atom is -0.490 e. The van der Waals surface area contributed by atoms with E-state index >= 15 is 0 Å².